The zero-order valence-electron chi connectivity index (χ0n) is 7.25. The van der Waals surface area contributed by atoms with Gasteiger partial charge in [0.15, 0.2) is 0 Å². The number of amides is 1. The summed E-state index contributed by atoms with van der Waals surface area (Å²) in [5.41, 5.74) is -2.19. The summed E-state index contributed by atoms with van der Waals surface area (Å²) in [6.07, 6.45) is -4.59. The number of rotatable bonds is 2. The second kappa shape index (κ2) is 3.72. The van der Waals surface area contributed by atoms with Gasteiger partial charge in [0.25, 0.3) is 5.91 Å². The van der Waals surface area contributed by atoms with E-state index in [9.17, 15) is 22.4 Å². The molecule has 1 heterocycles. The molecule has 0 aromatic rings. The number of halogens is 4. The van der Waals surface area contributed by atoms with Crippen LogP contribution in [0.25, 0.3) is 0 Å². The highest BCUT2D eigenvalue weighted by Gasteiger charge is 2.42. The molecule has 1 atom stereocenters. The van der Waals surface area contributed by atoms with Crippen molar-refractivity contribution in [2.24, 2.45) is 0 Å². The van der Waals surface area contributed by atoms with Gasteiger partial charge in [0, 0.05) is 13.0 Å². The van der Waals surface area contributed by atoms with E-state index in [1.165, 1.54) is 5.32 Å². The third-order valence-corrected chi connectivity index (χ3v) is 1.96. The fourth-order valence-electron chi connectivity index (χ4n) is 1.19. The molecule has 1 unspecified atom stereocenters. The Kier molecular flexibility index (Phi) is 2.98. The Balaban J connectivity index is 2.42. The van der Waals surface area contributed by atoms with Crippen LogP contribution in [0.4, 0.5) is 17.6 Å². The van der Waals surface area contributed by atoms with E-state index in [4.69, 9.17) is 0 Å². The molecular weight excluding hydrogens is 204 g/mol. The number of alkyl halides is 4. The first-order valence-electron chi connectivity index (χ1n) is 4.08. The minimum Gasteiger partial charge on any atom is -0.344 e. The maximum Gasteiger partial charge on any atom is 0.405 e. The summed E-state index contributed by atoms with van der Waals surface area (Å²) in [6.45, 7) is -1.41. The van der Waals surface area contributed by atoms with Gasteiger partial charge in [0.1, 0.15) is 6.54 Å². The first-order chi connectivity index (χ1) is 6.33. The van der Waals surface area contributed by atoms with Crippen LogP contribution < -0.4 is 10.6 Å². The second-order valence-electron chi connectivity index (χ2n) is 3.19. The highest BCUT2D eigenvalue weighted by Crippen LogP contribution is 2.20. The summed E-state index contributed by atoms with van der Waals surface area (Å²) in [6, 6.07) is 0. The van der Waals surface area contributed by atoms with Gasteiger partial charge >= 0.3 is 6.18 Å². The van der Waals surface area contributed by atoms with Crippen molar-refractivity contribution in [3.8, 4) is 0 Å². The SMILES string of the molecule is O=C(NCC(F)(F)F)C1(F)CCNC1. The van der Waals surface area contributed by atoms with Crippen LogP contribution in [0.3, 0.4) is 0 Å². The Morgan fingerprint density at radius 2 is 2.14 bits per heavy atom. The van der Waals surface area contributed by atoms with Crippen molar-refractivity contribution in [2.75, 3.05) is 19.6 Å². The zero-order chi connectivity index (χ0) is 10.8. The molecule has 1 aliphatic heterocycles. The topological polar surface area (TPSA) is 41.1 Å². The van der Waals surface area contributed by atoms with Crippen LogP contribution in [0, 0.1) is 0 Å². The van der Waals surface area contributed by atoms with E-state index < -0.39 is 24.3 Å². The van der Waals surface area contributed by atoms with E-state index in [2.05, 4.69) is 5.32 Å². The Labute approximate surface area is 77.8 Å². The molecule has 0 aromatic carbocycles. The molecule has 0 aliphatic carbocycles. The lowest BCUT2D eigenvalue weighted by Gasteiger charge is -2.17. The molecule has 1 rings (SSSR count). The van der Waals surface area contributed by atoms with Crippen molar-refractivity contribution in [2.45, 2.75) is 18.3 Å². The minimum absolute atomic E-state index is 0.0866. The third-order valence-electron chi connectivity index (χ3n) is 1.96. The molecule has 3 nitrogen and oxygen atoms in total. The lowest BCUT2D eigenvalue weighted by Crippen LogP contribution is -2.47. The highest BCUT2D eigenvalue weighted by atomic mass is 19.4. The van der Waals surface area contributed by atoms with E-state index in [1.807, 2.05) is 0 Å². The maximum atomic E-state index is 13.4. The summed E-state index contributed by atoms with van der Waals surface area (Å²) < 4.78 is 48.5. The average Bonchev–Trinajstić information content (AvgIpc) is 2.48. The largest absolute Gasteiger partial charge is 0.405 e. The molecule has 2 N–H and O–H groups in total. The van der Waals surface area contributed by atoms with E-state index in [-0.39, 0.29) is 13.0 Å². The van der Waals surface area contributed by atoms with Crippen molar-refractivity contribution in [3.63, 3.8) is 0 Å². The molecule has 1 saturated heterocycles. The monoisotopic (exact) mass is 214 g/mol. The lowest BCUT2D eigenvalue weighted by atomic mass is 10.1. The van der Waals surface area contributed by atoms with Crippen molar-refractivity contribution in [1.82, 2.24) is 10.6 Å². The smallest absolute Gasteiger partial charge is 0.344 e. The molecule has 7 heteroatoms. The molecule has 0 radical (unpaired) electrons. The van der Waals surface area contributed by atoms with Gasteiger partial charge in [-0.15, -0.1) is 0 Å². The van der Waals surface area contributed by atoms with Crippen LogP contribution in [0.15, 0.2) is 0 Å². The average molecular weight is 214 g/mol. The first-order valence-corrected chi connectivity index (χ1v) is 4.08. The molecule has 14 heavy (non-hydrogen) atoms. The number of hydrogen-bond acceptors (Lipinski definition) is 2. The van der Waals surface area contributed by atoms with Gasteiger partial charge in [-0.2, -0.15) is 13.2 Å². The molecule has 1 aliphatic rings. The van der Waals surface area contributed by atoms with Gasteiger partial charge in [0.05, 0.1) is 0 Å². The van der Waals surface area contributed by atoms with Crippen molar-refractivity contribution in [3.05, 3.63) is 0 Å². The van der Waals surface area contributed by atoms with Gasteiger partial charge in [-0.1, -0.05) is 0 Å². The number of nitrogens with one attached hydrogen (secondary N) is 2. The van der Waals surface area contributed by atoms with Gasteiger partial charge in [-0.25, -0.2) is 4.39 Å². The van der Waals surface area contributed by atoms with Crippen LogP contribution in [-0.4, -0.2) is 37.4 Å². The van der Waals surface area contributed by atoms with Gasteiger partial charge in [-0.3, -0.25) is 4.79 Å². The van der Waals surface area contributed by atoms with Crippen molar-refractivity contribution < 1.29 is 22.4 Å². The first kappa shape index (κ1) is 11.2. The van der Waals surface area contributed by atoms with Gasteiger partial charge < -0.3 is 10.6 Å². The Bertz CT molecular complexity index is 222. The Morgan fingerprint density at radius 3 is 2.57 bits per heavy atom. The summed E-state index contributed by atoms with van der Waals surface area (Å²) in [7, 11) is 0. The lowest BCUT2D eigenvalue weighted by molar-refractivity contribution is -0.145. The maximum absolute atomic E-state index is 13.4. The predicted molar refractivity (Wildman–Crippen MR) is 40.4 cm³/mol. The highest BCUT2D eigenvalue weighted by molar-refractivity contribution is 5.85. The summed E-state index contributed by atoms with van der Waals surface area (Å²) in [4.78, 5) is 11.0. The standard InChI is InChI=1S/C7H10F4N2O/c8-6(1-2-12-3-6)5(14)13-4-7(9,10)11/h12H,1-4H2,(H,13,14). The van der Waals surface area contributed by atoms with Gasteiger partial charge in [-0.05, 0) is 6.54 Å². The molecule has 0 aromatic heterocycles. The van der Waals surface area contributed by atoms with E-state index >= 15 is 0 Å². The van der Waals surface area contributed by atoms with Crippen molar-refractivity contribution in [1.29, 1.82) is 0 Å². The fraction of sp³-hybridized carbons (Fsp3) is 0.857. The van der Waals surface area contributed by atoms with Crippen LogP contribution in [0.2, 0.25) is 0 Å². The van der Waals surface area contributed by atoms with E-state index in [1.54, 1.807) is 0 Å². The second-order valence-corrected chi connectivity index (χ2v) is 3.19. The minimum atomic E-state index is -4.50. The van der Waals surface area contributed by atoms with Crippen LogP contribution in [0.1, 0.15) is 6.42 Å². The molecule has 0 saturated carbocycles. The number of carbonyl (C=O) groups is 1. The van der Waals surface area contributed by atoms with E-state index in [0.29, 0.717) is 6.54 Å². The number of carbonyl (C=O) groups excluding carboxylic acids is 1. The number of hydrogen-bond donors (Lipinski definition) is 2. The van der Waals surface area contributed by atoms with Crippen LogP contribution >= 0.6 is 0 Å². The van der Waals surface area contributed by atoms with E-state index in [0.717, 1.165) is 0 Å². The normalized spacial score (nSPS) is 27.7. The molecule has 0 bridgehead atoms. The summed E-state index contributed by atoms with van der Waals surface area (Å²) in [5, 5.41) is 4.10. The molecule has 0 spiro atoms. The van der Waals surface area contributed by atoms with Gasteiger partial charge in [0.2, 0.25) is 5.67 Å². The zero-order valence-corrected chi connectivity index (χ0v) is 7.25. The third kappa shape index (κ3) is 2.83. The fourth-order valence-corrected chi connectivity index (χ4v) is 1.19. The summed E-state index contributed by atoms with van der Waals surface area (Å²) >= 11 is 0. The predicted octanol–water partition coefficient (Wildman–Crippen LogP) is 0.366. The molecule has 1 fully saturated rings. The quantitative estimate of drug-likeness (QED) is 0.652. The Morgan fingerprint density at radius 1 is 1.50 bits per heavy atom. The van der Waals surface area contributed by atoms with Crippen LogP contribution in [-0.2, 0) is 4.79 Å². The molecule has 82 valence electrons. The molecular formula is C7H10F4N2O. The molecule has 1 amide bonds. The summed E-state index contributed by atoms with van der Waals surface area (Å²) in [5.74, 6) is -1.19. The Hall–Kier alpha value is -0.850. The van der Waals surface area contributed by atoms with Crippen molar-refractivity contribution >= 4 is 5.91 Å². The van der Waals surface area contributed by atoms with Crippen LogP contribution in [0.5, 0.6) is 0 Å².